The average molecular weight is 266 g/mol. The third kappa shape index (κ3) is 5.18. The van der Waals surface area contributed by atoms with Gasteiger partial charge in [0.25, 0.3) is 0 Å². The quantitative estimate of drug-likeness (QED) is 0.740. The summed E-state index contributed by atoms with van der Waals surface area (Å²) < 4.78 is 5.17. The number of carbonyl (C=O) groups is 1. The number of nitrogens with one attached hydrogen (secondary N) is 2. The molecular weight excluding hydrogens is 244 g/mol. The van der Waals surface area contributed by atoms with Crippen molar-refractivity contribution in [3.05, 3.63) is 23.8 Å². The van der Waals surface area contributed by atoms with Crippen LogP contribution in [-0.2, 0) is 0 Å². The number of benzene rings is 1. The van der Waals surface area contributed by atoms with Gasteiger partial charge < -0.3 is 20.5 Å². The van der Waals surface area contributed by atoms with E-state index >= 15 is 0 Å². The summed E-state index contributed by atoms with van der Waals surface area (Å²) in [7, 11) is 1.55. The van der Waals surface area contributed by atoms with Crippen LogP contribution < -0.4 is 15.4 Å². The predicted molar refractivity (Wildman–Crippen MR) is 75.7 cm³/mol. The summed E-state index contributed by atoms with van der Waals surface area (Å²) in [4.78, 5) is 11.7. The molecule has 19 heavy (non-hydrogen) atoms. The van der Waals surface area contributed by atoms with Gasteiger partial charge in [-0.15, -0.1) is 0 Å². The Morgan fingerprint density at radius 2 is 2.21 bits per heavy atom. The Labute approximate surface area is 114 Å². The third-order valence-electron chi connectivity index (χ3n) is 2.72. The molecule has 0 aliphatic rings. The highest BCUT2D eigenvalue weighted by Gasteiger charge is 2.09. The van der Waals surface area contributed by atoms with Gasteiger partial charge in [-0.05, 0) is 31.0 Å². The SMILES string of the molecule is CCCC(O)CNC(=O)Nc1cc(C)ccc1OC. The smallest absolute Gasteiger partial charge is 0.319 e. The summed E-state index contributed by atoms with van der Waals surface area (Å²) in [5, 5.41) is 14.9. The molecule has 1 aromatic carbocycles. The fourth-order valence-corrected chi connectivity index (χ4v) is 1.73. The van der Waals surface area contributed by atoms with E-state index in [4.69, 9.17) is 4.74 Å². The Morgan fingerprint density at radius 1 is 1.47 bits per heavy atom. The zero-order chi connectivity index (χ0) is 14.3. The van der Waals surface area contributed by atoms with Crippen LogP contribution in [0, 0.1) is 6.92 Å². The molecule has 0 spiro atoms. The molecule has 1 unspecified atom stereocenters. The Balaban J connectivity index is 2.54. The van der Waals surface area contributed by atoms with Crippen molar-refractivity contribution in [1.82, 2.24) is 5.32 Å². The predicted octanol–water partition coefficient (Wildman–Crippen LogP) is 2.29. The zero-order valence-electron chi connectivity index (χ0n) is 11.7. The van der Waals surface area contributed by atoms with E-state index in [0.29, 0.717) is 17.9 Å². The lowest BCUT2D eigenvalue weighted by Crippen LogP contribution is -2.35. The lowest BCUT2D eigenvalue weighted by molar-refractivity contribution is 0.162. The molecule has 0 saturated heterocycles. The maximum absolute atomic E-state index is 11.7. The van der Waals surface area contributed by atoms with Crippen LogP contribution in [0.25, 0.3) is 0 Å². The molecule has 5 nitrogen and oxygen atoms in total. The molecule has 2 amide bonds. The summed E-state index contributed by atoms with van der Waals surface area (Å²) >= 11 is 0. The minimum absolute atomic E-state index is 0.244. The third-order valence-corrected chi connectivity index (χ3v) is 2.72. The highest BCUT2D eigenvalue weighted by atomic mass is 16.5. The maximum atomic E-state index is 11.7. The second kappa shape index (κ2) is 7.63. The van der Waals surface area contributed by atoms with Crippen LogP contribution in [0.15, 0.2) is 18.2 Å². The fraction of sp³-hybridized carbons (Fsp3) is 0.500. The number of anilines is 1. The van der Waals surface area contributed by atoms with E-state index in [9.17, 15) is 9.90 Å². The number of hydrogen-bond acceptors (Lipinski definition) is 3. The summed E-state index contributed by atoms with van der Waals surface area (Å²) in [6, 6.07) is 5.20. The van der Waals surface area contributed by atoms with Gasteiger partial charge in [0.05, 0.1) is 18.9 Å². The summed E-state index contributed by atoms with van der Waals surface area (Å²) in [6.45, 7) is 4.17. The first kappa shape index (κ1) is 15.3. The van der Waals surface area contributed by atoms with E-state index in [-0.39, 0.29) is 12.6 Å². The standard InChI is InChI=1S/C14H22N2O3/c1-4-5-11(17)9-15-14(18)16-12-8-10(2)6-7-13(12)19-3/h6-8,11,17H,4-5,9H2,1-3H3,(H2,15,16,18). The van der Waals surface area contributed by atoms with Crippen LogP contribution >= 0.6 is 0 Å². The van der Waals surface area contributed by atoms with Gasteiger partial charge in [-0.1, -0.05) is 19.4 Å². The number of urea groups is 1. The molecule has 1 aromatic rings. The van der Waals surface area contributed by atoms with Crippen LogP contribution in [0.3, 0.4) is 0 Å². The van der Waals surface area contributed by atoms with Crippen LogP contribution in [0.5, 0.6) is 5.75 Å². The molecule has 0 aliphatic heterocycles. The largest absolute Gasteiger partial charge is 0.495 e. The molecule has 1 atom stereocenters. The van der Waals surface area contributed by atoms with E-state index in [1.807, 2.05) is 26.0 Å². The Morgan fingerprint density at radius 3 is 2.84 bits per heavy atom. The molecule has 0 radical (unpaired) electrons. The molecule has 0 saturated carbocycles. The van der Waals surface area contributed by atoms with E-state index in [2.05, 4.69) is 10.6 Å². The summed E-state index contributed by atoms with van der Waals surface area (Å²) in [5.74, 6) is 0.606. The minimum Gasteiger partial charge on any atom is -0.495 e. The first-order chi connectivity index (χ1) is 9.06. The second-order valence-corrected chi connectivity index (χ2v) is 4.48. The van der Waals surface area contributed by atoms with Gasteiger partial charge in [-0.2, -0.15) is 0 Å². The monoisotopic (exact) mass is 266 g/mol. The number of methoxy groups -OCH3 is 1. The molecule has 0 bridgehead atoms. The van der Waals surface area contributed by atoms with E-state index < -0.39 is 6.10 Å². The number of rotatable bonds is 6. The van der Waals surface area contributed by atoms with Crippen LogP contribution in [0.2, 0.25) is 0 Å². The highest BCUT2D eigenvalue weighted by Crippen LogP contribution is 2.24. The number of ether oxygens (including phenoxy) is 1. The molecule has 0 heterocycles. The van der Waals surface area contributed by atoms with Crippen LogP contribution in [0.4, 0.5) is 10.5 Å². The van der Waals surface area contributed by atoms with E-state index in [1.54, 1.807) is 13.2 Å². The minimum atomic E-state index is -0.504. The number of carbonyl (C=O) groups excluding carboxylic acids is 1. The molecule has 3 N–H and O–H groups in total. The van der Waals surface area contributed by atoms with Crippen molar-refractivity contribution < 1.29 is 14.6 Å². The molecule has 1 rings (SSSR count). The van der Waals surface area contributed by atoms with Gasteiger partial charge >= 0.3 is 6.03 Å². The van der Waals surface area contributed by atoms with Crippen molar-refractivity contribution in [2.75, 3.05) is 19.0 Å². The molecule has 106 valence electrons. The number of hydrogen-bond donors (Lipinski definition) is 3. The fourth-order valence-electron chi connectivity index (χ4n) is 1.73. The van der Waals surface area contributed by atoms with Gasteiger partial charge in [0.15, 0.2) is 0 Å². The lowest BCUT2D eigenvalue weighted by Gasteiger charge is -2.14. The number of aliphatic hydroxyl groups is 1. The van der Waals surface area contributed by atoms with E-state index in [0.717, 1.165) is 12.0 Å². The topological polar surface area (TPSA) is 70.6 Å². The first-order valence-electron chi connectivity index (χ1n) is 6.44. The zero-order valence-corrected chi connectivity index (χ0v) is 11.7. The Hall–Kier alpha value is -1.75. The van der Waals surface area contributed by atoms with Crippen molar-refractivity contribution >= 4 is 11.7 Å². The van der Waals surface area contributed by atoms with E-state index in [1.165, 1.54) is 0 Å². The van der Waals surface area contributed by atoms with Gasteiger partial charge in [-0.25, -0.2) is 4.79 Å². The Kier molecular flexibility index (Phi) is 6.15. The number of aryl methyl sites for hydroxylation is 1. The molecule has 0 aromatic heterocycles. The van der Waals surface area contributed by atoms with Gasteiger partial charge in [-0.3, -0.25) is 0 Å². The number of aliphatic hydroxyl groups excluding tert-OH is 1. The number of amides is 2. The summed E-state index contributed by atoms with van der Waals surface area (Å²) in [5.41, 5.74) is 1.65. The van der Waals surface area contributed by atoms with Crippen molar-refractivity contribution in [2.24, 2.45) is 0 Å². The molecule has 0 aliphatic carbocycles. The molecular formula is C14H22N2O3. The molecule has 5 heteroatoms. The van der Waals surface area contributed by atoms with Gasteiger partial charge in [0, 0.05) is 6.54 Å². The van der Waals surface area contributed by atoms with Crippen LogP contribution in [0.1, 0.15) is 25.3 Å². The average Bonchev–Trinajstić information content (AvgIpc) is 2.37. The highest BCUT2D eigenvalue weighted by molar-refractivity contribution is 5.91. The first-order valence-corrected chi connectivity index (χ1v) is 6.44. The van der Waals surface area contributed by atoms with Gasteiger partial charge in [0.1, 0.15) is 5.75 Å². The molecule has 0 fully saturated rings. The summed E-state index contributed by atoms with van der Waals surface area (Å²) in [6.07, 6.45) is 1.06. The normalized spacial score (nSPS) is 11.8. The Bertz CT molecular complexity index is 421. The van der Waals surface area contributed by atoms with Crippen LogP contribution in [-0.4, -0.2) is 30.9 Å². The lowest BCUT2D eigenvalue weighted by atomic mass is 10.2. The van der Waals surface area contributed by atoms with Crippen molar-refractivity contribution in [3.8, 4) is 5.75 Å². The van der Waals surface area contributed by atoms with Crippen molar-refractivity contribution in [1.29, 1.82) is 0 Å². The van der Waals surface area contributed by atoms with Crippen molar-refractivity contribution in [3.63, 3.8) is 0 Å². The maximum Gasteiger partial charge on any atom is 0.319 e. The second-order valence-electron chi connectivity index (χ2n) is 4.48. The van der Waals surface area contributed by atoms with Gasteiger partial charge in [0.2, 0.25) is 0 Å². The van der Waals surface area contributed by atoms with Crippen molar-refractivity contribution in [2.45, 2.75) is 32.8 Å².